The molecule has 0 bridgehead atoms. The van der Waals surface area contributed by atoms with Crippen molar-refractivity contribution in [3.63, 3.8) is 0 Å². The molecule has 172 valence electrons. The van der Waals surface area contributed by atoms with Gasteiger partial charge in [0, 0.05) is 39.1 Å². The zero-order chi connectivity index (χ0) is 22.8. The second-order valence-corrected chi connectivity index (χ2v) is 9.27. The Hall–Kier alpha value is -3.17. The standard InChI is InChI=1S/C24H26N4O4S/c1-2-22(29)26-24-25-18-5-3-16(12-21(18)33-24)13-23(30)28-9-7-27(8-10-28)14-17-4-6-19-20(11-17)32-15-31-19/h3-6,11-12H,2,7-10,13-15H2,1H3,(H,25,26,29). The van der Waals surface area contributed by atoms with Crippen molar-refractivity contribution >= 4 is 38.5 Å². The summed E-state index contributed by atoms with van der Waals surface area (Å²) < 4.78 is 11.8. The fraction of sp³-hybridized carbons (Fsp3) is 0.375. The van der Waals surface area contributed by atoms with Crippen LogP contribution in [0.3, 0.4) is 0 Å². The van der Waals surface area contributed by atoms with Gasteiger partial charge < -0.3 is 19.7 Å². The van der Waals surface area contributed by atoms with Crippen molar-refractivity contribution in [2.45, 2.75) is 26.3 Å². The van der Waals surface area contributed by atoms with E-state index in [0.717, 1.165) is 60.0 Å². The summed E-state index contributed by atoms with van der Waals surface area (Å²) in [7, 11) is 0. The Morgan fingerprint density at radius 3 is 2.64 bits per heavy atom. The highest BCUT2D eigenvalue weighted by Crippen LogP contribution is 2.33. The van der Waals surface area contributed by atoms with Crippen LogP contribution in [0.4, 0.5) is 5.13 Å². The van der Waals surface area contributed by atoms with Gasteiger partial charge in [0.1, 0.15) is 0 Å². The third-order valence-corrected chi connectivity index (χ3v) is 6.88. The molecular formula is C24H26N4O4S. The molecule has 5 rings (SSSR count). The average Bonchev–Trinajstić information content (AvgIpc) is 3.45. The highest BCUT2D eigenvalue weighted by molar-refractivity contribution is 7.22. The number of thiazole rings is 1. The lowest BCUT2D eigenvalue weighted by Gasteiger charge is -2.34. The molecule has 8 nitrogen and oxygen atoms in total. The van der Waals surface area contributed by atoms with Gasteiger partial charge in [-0.05, 0) is 35.4 Å². The summed E-state index contributed by atoms with van der Waals surface area (Å²) in [5.74, 6) is 1.69. The SMILES string of the molecule is CCC(=O)Nc1nc2ccc(CC(=O)N3CCN(Cc4ccc5c(c4)OCO5)CC3)cc2s1. The van der Waals surface area contributed by atoms with Crippen LogP contribution in [0.15, 0.2) is 36.4 Å². The van der Waals surface area contributed by atoms with Crippen molar-refractivity contribution in [3.05, 3.63) is 47.5 Å². The third kappa shape index (κ3) is 4.94. The van der Waals surface area contributed by atoms with Crippen LogP contribution in [-0.4, -0.2) is 59.6 Å². The summed E-state index contributed by atoms with van der Waals surface area (Å²) in [6, 6.07) is 11.9. The lowest BCUT2D eigenvalue weighted by molar-refractivity contribution is -0.132. The molecule has 0 saturated carbocycles. The number of nitrogens with one attached hydrogen (secondary N) is 1. The maximum Gasteiger partial charge on any atom is 0.231 e. The molecule has 0 spiro atoms. The number of anilines is 1. The molecule has 1 aromatic heterocycles. The van der Waals surface area contributed by atoms with E-state index in [2.05, 4.69) is 21.3 Å². The van der Waals surface area contributed by atoms with Gasteiger partial charge in [-0.3, -0.25) is 14.5 Å². The van der Waals surface area contributed by atoms with Gasteiger partial charge >= 0.3 is 0 Å². The highest BCUT2D eigenvalue weighted by Gasteiger charge is 2.22. The summed E-state index contributed by atoms with van der Waals surface area (Å²) in [4.78, 5) is 33.2. The van der Waals surface area contributed by atoms with Crippen LogP contribution in [0.5, 0.6) is 11.5 Å². The fourth-order valence-corrected chi connectivity index (χ4v) is 5.03. The zero-order valence-corrected chi connectivity index (χ0v) is 19.3. The van der Waals surface area contributed by atoms with E-state index in [9.17, 15) is 9.59 Å². The number of rotatable bonds is 6. The molecule has 2 amide bonds. The predicted molar refractivity (Wildman–Crippen MR) is 127 cm³/mol. The van der Waals surface area contributed by atoms with Crippen molar-refractivity contribution in [1.82, 2.24) is 14.8 Å². The summed E-state index contributed by atoms with van der Waals surface area (Å²) in [6.45, 7) is 6.05. The number of nitrogens with zero attached hydrogens (tertiary/aromatic N) is 3. The Morgan fingerprint density at radius 1 is 1.03 bits per heavy atom. The van der Waals surface area contributed by atoms with Gasteiger partial charge in [0.25, 0.3) is 0 Å². The van der Waals surface area contributed by atoms with Crippen LogP contribution in [-0.2, 0) is 22.6 Å². The lowest BCUT2D eigenvalue weighted by atomic mass is 10.1. The molecule has 0 radical (unpaired) electrons. The fourth-order valence-electron chi connectivity index (χ4n) is 4.08. The first-order chi connectivity index (χ1) is 16.1. The zero-order valence-electron chi connectivity index (χ0n) is 18.5. The molecule has 3 aromatic rings. The van der Waals surface area contributed by atoms with Crippen molar-refractivity contribution in [1.29, 1.82) is 0 Å². The van der Waals surface area contributed by atoms with Crippen LogP contribution in [0.1, 0.15) is 24.5 Å². The number of hydrogen-bond acceptors (Lipinski definition) is 7. The molecule has 1 fully saturated rings. The number of aromatic nitrogens is 1. The van der Waals surface area contributed by atoms with Gasteiger partial charge in [0.15, 0.2) is 16.6 Å². The number of carbonyl (C=O) groups excluding carboxylic acids is 2. The number of ether oxygens (including phenoxy) is 2. The van der Waals surface area contributed by atoms with Crippen molar-refractivity contribution in [2.24, 2.45) is 0 Å². The second kappa shape index (κ2) is 9.36. The van der Waals surface area contributed by atoms with Crippen molar-refractivity contribution in [2.75, 3.05) is 38.3 Å². The Bertz CT molecular complexity index is 1190. The van der Waals surface area contributed by atoms with Crippen LogP contribution < -0.4 is 14.8 Å². The number of benzene rings is 2. The Balaban J connectivity index is 1.15. The Labute approximate surface area is 196 Å². The van der Waals surface area contributed by atoms with Crippen LogP contribution in [0.2, 0.25) is 0 Å². The van der Waals surface area contributed by atoms with Crippen molar-refractivity contribution in [3.8, 4) is 11.5 Å². The molecule has 2 aromatic carbocycles. The largest absolute Gasteiger partial charge is 0.454 e. The molecule has 1 saturated heterocycles. The maximum atomic E-state index is 12.9. The lowest BCUT2D eigenvalue weighted by Crippen LogP contribution is -2.48. The van der Waals surface area contributed by atoms with E-state index in [1.54, 1.807) is 0 Å². The van der Waals surface area contributed by atoms with E-state index in [1.165, 1.54) is 16.9 Å². The van der Waals surface area contributed by atoms with Gasteiger partial charge in [0.2, 0.25) is 18.6 Å². The van der Waals surface area contributed by atoms with E-state index in [0.29, 0.717) is 18.0 Å². The molecule has 1 N–H and O–H groups in total. The summed E-state index contributed by atoms with van der Waals surface area (Å²) >= 11 is 1.43. The van der Waals surface area contributed by atoms with Gasteiger partial charge in [0.05, 0.1) is 16.6 Å². The molecule has 2 aliphatic rings. The first kappa shape index (κ1) is 21.7. The number of hydrogen-bond donors (Lipinski definition) is 1. The minimum atomic E-state index is -0.0536. The minimum absolute atomic E-state index is 0.0536. The van der Waals surface area contributed by atoms with Crippen molar-refractivity contribution < 1.29 is 19.1 Å². The highest BCUT2D eigenvalue weighted by atomic mass is 32.1. The van der Waals surface area contributed by atoms with Crippen LogP contribution >= 0.6 is 11.3 Å². The number of fused-ring (bicyclic) bond motifs is 2. The first-order valence-electron chi connectivity index (χ1n) is 11.2. The first-order valence-corrected chi connectivity index (χ1v) is 12.0. The van der Waals surface area contributed by atoms with E-state index in [1.807, 2.05) is 42.2 Å². The second-order valence-electron chi connectivity index (χ2n) is 8.24. The molecule has 0 aliphatic carbocycles. The van der Waals surface area contributed by atoms with E-state index < -0.39 is 0 Å². The summed E-state index contributed by atoms with van der Waals surface area (Å²) in [5.41, 5.74) is 2.98. The Morgan fingerprint density at radius 2 is 1.82 bits per heavy atom. The predicted octanol–water partition coefficient (Wildman–Crippen LogP) is 3.26. The van der Waals surface area contributed by atoms with E-state index >= 15 is 0 Å². The number of piperazine rings is 1. The molecule has 2 aliphatic heterocycles. The maximum absolute atomic E-state index is 12.9. The smallest absolute Gasteiger partial charge is 0.231 e. The quantitative estimate of drug-likeness (QED) is 0.600. The summed E-state index contributed by atoms with van der Waals surface area (Å²) in [6.07, 6.45) is 0.784. The van der Waals surface area contributed by atoms with Gasteiger partial charge in [-0.25, -0.2) is 4.98 Å². The van der Waals surface area contributed by atoms with E-state index in [-0.39, 0.29) is 18.6 Å². The van der Waals surface area contributed by atoms with Crippen LogP contribution in [0.25, 0.3) is 10.2 Å². The van der Waals surface area contributed by atoms with Gasteiger partial charge in [-0.15, -0.1) is 0 Å². The topological polar surface area (TPSA) is 84.0 Å². The molecule has 33 heavy (non-hydrogen) atoms. The third-order valence-electron chi connectivity index (χ3n) is 5.94. The van der Waals surface area contributed by atoms with E-state index in [4.69, 9.17) is 9.47 Å². The number of amides is 2. The average molecular weight is 467 g/mol. The molecule has 0 atom stereocenters. The Kier molecular flexibility index (Phi) is 6.15. The monoisotopic (exact) mass is 466 g/mol. The normalized spacial score (nSPS) is 15.7. The molecular weight excluding hydrogens is 440 g/mol. The van der Waals surface area contributed by atoms with Gasteiger partial charge in [-0.1, -0.05) is 30.4 Å². The van der Waals surface area contributed by atoms with Gasteiger partial charge in [-0.2, -0.15) is 0 Å². The molecule has 9 heteroatoms. The summed E-state index contributed by atoms with van der Waals surface area (Å²) in [5, 5.41) is 3.40. The minimum Gasteiger partial charge on any atom is -0.454 e. The number of carbonyl (C=O) groups is 2. The molecule has 0 unspecified atom stereocenters. The molecule has 3 heterocycles. The van der Waals surface area contributed by atoms with Crippen LogP contribution in [0, 0.1) is 0 Å².